The molecule has 0 aliphatic carbocycles. The number of carbonyl (C=O) groups excluding carboxylic acids is 6. The molecule has 2 saturated heterocycles. The third-order valence-corrected chi connectivity index (χ3v) is 9.84. The number of aliphatic hydroxyl groups excluding tert-OH is 1. The number of phenolic OH excluding ortho intramolecular Hbond substituents is 1. The molecule has 2 fully saturated rings. The first-order valence-electron chi connectivity index (χ1n) is 18.9. The van der Waals surface area contributed by atoms with Crippen LogP contribution in [0.25, 0.3) is 0 Å². The monoisotopic (exact) mass is 786 g/mol. The molecule has 15 N–H and O–H groups in total. The zero-order chi connectivity index (χ0) is 41.5. The highest BCUT2D eigenvalue weighted by molar-refractivity contribution is 5.98. The lowest BCUT2D eigenvalue weighted by molar-refractivity contribution is -0.143. The number of nitrogens with one attached hydrogen (secondary N) is 5. The van der Waals surface area contributed by atoms with Gasteiger partial charge in [0.15, 0.2) is 11.9 Å². The van der Waals surface area contributed by atoms with E-state index in [2.05, 4.69) is 36.6 Å². The van der Waals surface area contributed by atoms with Crippen molar-refractivity contribution >= 4 is 47.4 Å². The predicted octanol–water partition coefficient (Wildman–Crippen LogP) is -3.10. The van der Waals surface area contributed by atoms with Crippen molar-refractivity contribution in [3.05, 3.63) is 29.8 Å². The molecule has 1 aromatic carbocycles. The van der Waals surface area contributed by atoms with Gasteiger partial charge < -0.3 is 64.6 Å². The average Bonchev–Trinajstić information content (AvgIpc) is 3.64. The van der Waals surface area contributed by atoms with Crippen molar-refractivity contribution in [3.63, 3.8) is 0 Å². The van der Waals surface area contributed by atoms with E-state index in [0.29, 0.717) is 18.4 Å². The Hall–Kier alpha value is -5.66. The summed E-state index contributed by atoms with van der Waals surface area (Å²) >= 11 is 0. The molecule has 20 heteroatoms. The van der Waals surface area contributed by atoms with Gasteiger partial charge in [-0.3, -0.25) is 38.8 Å². The summed E-state index contributed by atoms with van der Waals surface area (Å²) in [7, 11) is 0. The number of aliphatic hydroxyl groups is 1. The second kappa shape index (κ2) is 21.4. The van der Waals surface area contributed by atoms with Crippen LogP contribution >= 0.6 is 0 Å². The molecule has 2 aliphatic heterocycles. The molecular formula is C36H58N12O8. The van der Waals surface area contributed by atoms with Crippen LogP contribution in [-0.4, -0.2) is 124 Å². The highest BCUT2D eigenvalue weighted by atomic mass is 16.3. The van der Waals surface area contributed by atoms with Gasteiger partial charge in [-0.05, 0) is 69.1 Å². The van der Waals surface area contributed by atoms with E-state index < -0.39 is 83.7 Å². The Balaban J connectivity index is 2.12. The van der Waals surface area contributed by atoms with E-state index >= 15 is 0 Å². The third kappa shape index (κ3) is 13.3. The van der Waals surface area contributed by atoms with Gasteiger partial charge in [-0.15, -0.1) is 0 Å². The highest BCUT2D eigenvalue weighted by Crippen LogP contribution is 2.21. The largest absolute Gasteiger partial charge is 0.508 e. The Bertz CT molecular complexity index is 1600. The zero-order valence-electron chi connectivity index (χ0n) is 32.2. The van der Waals surface area contributed by atoms with E-state index in [4.69, 9.17) is 22.9 Å². The first kappa shape index (κ1) is 44.7. The van der Waals surface area contributed by atoms with Crippen molar-refractivity contribution in [2.75, 3.05) is 19.6 Å². The predicted molar refractivity (Wildman–Crippen MR) is 207 cm³/mol. The van der Waals surface area contributed by atoms with E-state index in [1.165, 1.54) is 24.0 Å². The Morgan fingerprint density at radius 1 is 0.750 bits per heavy atom. The van der Waals surface area contributed by atoms with Crippen LogP contribution in [-0.2, 0) is 35.2 Å². The summed E-state index contributed by atoms with van der Waals surface area (Å²) in [5.74, 6) is -5.17. The minimum atomic E-state index is -1.51. The highest BCUT2D eigenvalue weighted by Gasteiger charge is 2.41. The quantitative estimate of drug-likeness (QED) is 0.0538. The maximum absolute atomic E-state index is 14.3. The van der Waals surface area contributed by atoms with Crippen LogP contribution in [0.3, 0.4) is 0 Å². The lowest BCUT2D eigenvalue weighted by Crippen LogP contribution is -2.63. The maximum atomic E-state index is 14.3. The number of rotatable bonds is 13. The van der Waals surface area contributed by atoms with Crippen LogP contribution in [0.5, 0.6) is 5.75 Å². The molecule has 3 rings (SSSR count). The SMILES string of the molecule is CC[C@H](C)[C@@H]1NC(=O)[C@H]([C@@H](C)O)NC(=O)[C@H]2CCCN2C(=O)[C@H](Cc2ccc(O)cc2)NC(=O)[C@H](CCCN=C(N)N)NC(=O)[C@@H](CCCN=C(N)N)NC1=O. The fourth-order valence-electron chi connectivity index (χ4n) is 6.52. The third-order valence-electron chi connectivity index (χ3n) is 9.84. The Kier molecular flexibility index (Phi) is 17.1. The van der Waals surface area contributed by atoms with Crippen LogP contribution in [0, 0.1) is 5.92 Å². The summed E-state index contributed by atoms with van der Waals surface area (Å²) in [4.78, 5) is 93.2. The molecule has 6 amide bonds. The number of amides is 6. The Morgan fingerprint density at radius 2 is 1.25 bits per heavy atom. The molecule has 0 radical (unpaired) electrons. The van der Waals surface area contributed by atoms with Crippen LogP contribution in [0.4, 0.5) is 0 Å². The molecule has 310 valence electrons. The smallest absolute Gasteiger partial charge is 0.246 e. The van der Waals surface area contributed by atoms with Crippen molar-refractivity contribution < 1.29 is 39.0 Å². The van der Waals surface area contributed by atoms with Gasteiger partial charge in [-0.25, -0.2) is 0 Å². The van der Waals surface area contributed by atoms with Gasteiger partial charge in [-0.2, -0.15) is 0 Å². The van der Waals surface area contributed by atoms with Crippen molar-refractivity contribution in [3.8, 4) is 5.75 Å². The summed E-state index contributed by atoms with van der Waals surface area (Å²) in [6.45, 7) is 5.21. The Labute approximate surface area is 326 Å². The van der Waals surface area contributed by atoms with Crippen molar-refractivity contribution in [2.24, 2.45) is 38.8 Å². The fraction of sp³-hybridized carbons (Fsp3) is 0.611. The number of nitrogens with zero attached hydrogens (tertiary/aromatic N) is 3. The molecule has 8 atom stereocenters. The number of guanidine groups is 2. The lowest BCUT2D eigenvalue weighted by atomic mass is 9.96. The van der Waals surface area contributed by atoms with Crippen molar-refractivity contribution in [2.45, 2.75) is 114 Å². The van der Waals surface area contributed by atoms with E-state index in [1.807, 2.05) is 0 Å². The first-order valence-corrected chi connectivity index (χ1v) is 18.9. The molecular weight excluding hydrogens is 728 g/mol. The number of phenols is 1. The van der Waals surface area contributed by atoms with Crippen LogP contribution in [0.15, 0.2) is 34.3 Å². The minimum Gasteiger partial charge on any atom is -0.508 e. The van der Waals surface area contributed by atoms with Crippen LogP contribution < -0.4 is 49.5 Å². The number of aromatic hydroxyl groups is 1. The number of aliphatic imine (C=N–C) groups is 2. The van der Waals surface area contributed by atoms with Crippen LogP contribution in [0.1, 0.15) is 71.3 Å². The molecule has 0 saturated carbocycles. The van der Waals surface area contributed by atoms with Gasteiger partial charge in [0.05, 0.1) is 6.10 Å². The maximum Gasteiger partial charge on any atom is 0.246 e. The fourth-order valence-corrected chi connectivity index (χ4v) is 6.52. The first-order chi connectivity index (χ1) is 26.5. The normalized spacial score (nSPS) is 25.2. The molecule has 0 spiro atoms. The molecule has 2 aliphatic rings. The number of hydrogen-bond acceptors (Lipinski definition) is 10. The molecule has 0 unspecified atom stereocenters. The molecule has 20 nitrogen and oxygen atoms in total. The zero-order valence-corrected chi connectivity index (χ0v) is 32.2. The Morgan fingerprint density at radius 3 is 1.77 bits per heavy atom. The number of nitrogens with two attached hydrogens (primary N) is 4. The molecule has 0 aromatic heterocycles. The average molecular weight is 787 g/mol. The van der Waals surface area contributed by atoms with Gasteiger partial charge >= 0.3 is 0 Å². The van der Waals surface area contributed by atoms with E-state index in [1.54, 1.807) is 26.0 Å². The molecule has 1 aromatic rings. The van der Waals surface area contributed by atoms with Gasteiger partial charge in [0.1, 0.15) is 42.0 Å². The van der Waals surface area contributed by atoms with Crippen molar-refractivity contribution in [1.29, 1.82) is 0 Å². The summed E-state index contributed by atoms with van der Waals surface area (Å²) in [5, 5.41) is 33.9. The standard InChI is InChI=1S/C36H58N12O8/c1-4-19(2)27-32(54)44-24(9-6-16-42-36(39)40)29(51)43-23(8-5-15-41-35(37)38)30(52)45-25(18-21-11-13-22(50)14-12-21)34(56)48-17-7-10-26(48)31(53)47-28(20(3)49)33(55)46-27/h11-14,19-20,23-28,49-50H,4-10,15-18H2,1-3H3,(H,43,51)(H,44,54)(H,45,52)(H,46,55)(H,47,53)(H4,37,38,41)(H4,39,40,42)/t19-,20+,23-,24+,25-,26+,27-,28-/m0/s1. The number of fused-ring (bicyclic) bond motifs is 1. The summed E-state index contributed by atoms with van der Waals surface area (Å²) in [6, 6.07) is -1.51. The molecule has 56 heavy (non-hydrogen) atoms. The molecule has 0 bridgehead atoms. The van der Waals surface area contributed by atoms with Crippen LogP contribution in [0.2, 0.25) is 0 Å². The molecule has 2 heterocycles. The topological polar surface area (TPSA) is 335 Å². The minimum absolute atomic E-state index is 0.0132. The van der Waals surface area contributed by atoms with Gasteiger partial charge in [-0.1, -0.05) is 32.4 Å². The van der Waals surface area contributed by atoms with E-state index in [-0.39, 0.29) is 75.8 Å². The van der Waals surface area contributed by atoms with Gasteiger partial charge in [0, 0.05) is 26.1 Å². The summed E-state index contributed by atoms with van der Waals surface area (Å²) in [5.41, 5.74) is 22.5. The van der Waals surface area contributed by atoms with Crippen molar-refractivity contribution in [1.82, 2.24) is 31.5 Å². The number of hydrogen-bond donors (Lipinski definition) is 11. The van der Waals surface area contributed by atoms with Gasteiger partial charge in [0.25, 0.3) is 0 Å². The summed E-state index contributed by atoms with van der Waals surface area (Å²) < 4.78 is 0. The second-order valence-electron chi connectivity index (χ2n) is 14.2. The van der Waals surface area contributed by atoms with Gasteiger partial charge in [0.2, 0.25) is 35.4 Å². The number of benzene rings is 1. The number of carbonyl (C=O) groups is 6. The van der Waals surface area contributed by atoms with E-state index in [9.17, 15) is 39.0 Å². The summed E-state index contributed by atoms with van der Waals surface area (Å²) in [6.07, 6.45) is 0.125. The van der Waals surface area contributed by atoms with E-state index in [0.717, 1.165) is 0 Å². The lowest BCUT2D eigenvalue weighted by Gasteiger charge is -2.33. The second-order valence-corrected chi connectivity index (χ2v) is 14.2.